The number of methoxy groups -OCH3 is 1. The number of nitrogens with one attached hydrogen (secondary N) is 1. The zero-order valence-corrected chi connectivity index (χ0v) is 13.5. The summed E-state index contributed by atoms with van der Waals surface area (Å²) in [6, 6.07) is 0. The van der Waals surface area contributed by atoms with E-state index < -0.39 is 0 Å². The molecule has 1 rings (SSSR count). The second-order valence-corrected chi connectivity index (χ2v) is 4.63. The number of ether oxygens (including phenoxy) is 2. The number of hydrogen-bond donors (Lipinski definition) is 2. The highest BCUT2D eigenvalue weighted by Crippen LogP contribution is 2.25. The van der Waals surface area contributed by atoms with Crippen LogP contribution in [-0.4, -0.2) is 61.4 Å². The Hall–Kier alpha value is -1.60. The van der Waals surface area contributed by atoms with E-state index in [9.17, 15) is 0 Å². The number of nitrogen functional groups attached to an aromatic ring is 1. The SMILES string of the molecule is CCN(CC)CCNc1nc(C)nc(OCCOC)c1N. The van der Waals surface area contributed by atoms with Crippen LogP contribution in [0.5, 0.6) is 5.88 Å². The average molecular weight is 297 g/mol. The van der Waals surface area contributed by atoms with E-state index >= 15 is 0 Å². The molecule has 0 saturated heterocycles. The van der Waals surface area contributed by atoms with Gasteiger partial charge in [-0.2, -0.15) is 4.98 Å². The van der Waals surface area contributed by atoms with Gasteiger partial charge >= 0.3 is 0 Å². The molecule has 0 aliphatic carbocycles. The maximum Gasteiger partial charge on any atom is 0.242 e. The van der Waals surface area contributed by atoms with Crippen LogP contribution >= 0.6 is 0 Å². The lowest BCUT2D eigenvalue weighted by atomic mass is 10.4. The van der Waals surface area contributed by atoms with Gasteiger partial charge < -0.3 is 25.4 Å². The van der Waals surface area contributed by atoms with Crippen molar-refractivity contribution in [2.24, 2.45) is 0 Å². The van der Waals surface area contributed by atoms with Crippen molar-refractivity contribution in [2.45, 2.75) is 20.8 Å². The summed E-state index contributed by atoms with van der Waals surface area (Å²) in [5.74, 6) is 1.66. The molecular weight excluding hydrogens is 270 g/mol. The molecular formula is C14H27N5O2. The minimum absolute atomic E-state index is 0.407. The van der Waals surface area contributed by atoms with Crippen LogP contribution in [-0.2, 0) is 4.74 Å². The molecule has 1 aromatic rings. The van der Waals surface area contributed by atoms with Gasteiger partial charge in [0.25, 0.3) is 0 Å². The minimum atomic E-state index is 0.407. The molecule has 7 nitrogen and oxygen atoms in total. The standard InChI is InChI=1S/C14H27N5O2/c1-5-19(6-2)8-7-16-13-12(15)14(18-11(3)17-13)21-10-9-20-4/h5-10,15H2,1-4H3,(H,16,17,18). The molecule has 0 aromatic carbocycles. The van der Waals surface area contributed by atoms with Crippen molar-refractivity contribution in [3.8, 4) is 5.88 Å². The van der Waals surface area contributed by atoms with Crippen LogP contribution in [0.15, 0.2) is 0 Å². The first-order valence-electron chi connectivity index (χ1n) is 7.34. The van der Waals surface area contributed by atoms with Crippen LogP contribution in [0.1, 0.15) is 19.7 Å². The maximum absolute atomic E-state index is 6.05. The Labute approximate surface area is 126 Å². The fourth-order valence-electron chi connectivity index (χ4n) is 1.89. The highest BCUT2D eigenvalue weighted by atomic mass is 16.5. The highest BCUT2D eigenvalue weighted by Gasteiger charge is 2.11. The summed E-state index contributed by atoms with van der Waals surface area (Å²) in [5.41, 5.74) is 6.49. The Kier molecular flexibility index (Phi) is 7.78. The number of nitrogens with zero attached hydrogens (tertiary/aromatic N) is 3. The largest absolute Gasteiger partial charge is 0.474 e. The monoisotopic (exact) mass is 297 g/mol. The van der Waals surface area contributed by atoms with Gasteiger partial charge in [-0.15, -0.1) is 0 Å². The van der Waals surface area contributed by atoms with Crippen LogP contribution in [0.4, 0.5) is 11.5 Å². The van der Waals surface area contributed by atoms with Gasteiger partial charge in [-0.1, -0.05) is 13.8 Å². The molecule has 0 bridgehead atoms. The number of aromatic nitrogens is 2. The summed E-state index contributed by atoms with van der Waals surface area (Å²) >= 11 is 0. The third-order valence-electron chi connectivity index (χ3n) is 3.16. The van der Waals surface area contributed by atoms with E-state index in [4.69, 9.17) is 15.2 Å². The Morgan fingerprint density at radius 1 is 1.19 bits per heavy atom. The molecule has 120 valence electrons. The molecule has 1 heterocycles. The second-order valence-electron chi connectivity index (χ2n) is 4.63. The summed E-state index contributed by atoms with van der Waals surface area (Å²) in [7, 11) is 1.62. The van der Waals surface area contributed by atoms with E-state index in [2.05, 4.69) is 34.0 Å². The lowest BCUT2D eigenvalue weighted by molar-refractivity contribution is 0.144. The van der Waals surface area contributed by atoms with Crippen molar-refractivity contribution in [1.29, 1.82) is 0 Å². The van der Waals surface area contributed by atoms with Crippen LogP contribution < -0.4 is 15.8 Å². The number of anilines is 2. The van der Waals surface area contributed by atoms with E-state index in [0.717, 1.165) is 26.2 Å². The van der Waals surface area contributed by atoms with Gasteiger partial charge in [-0.25, -0.2) is 4.98 Å². The third kappa shape index (κ3) is 5.73. The summed E-state index contributed by atoms with van der Waals surface area (Å²) < 4.78 is 10.5. The molecule has 0 atom stereocenters. The Balaban J connectivity index is 2.64. The molecule has 1 aromatic heterocycles. The van der Waals surface area contributed by atoms with Crippen molar-refractivity contribution >= 4 is 11.5 Å². The normalized spacial score (nSPS) is 10.9. The van der Waals surface area contributed by atoms with Crippen LogP contribution in [0.3, 0.4) is 0 Å². The molecule has 0 aliphatic heterocycles. The molecule has 0 amide bonds. The Morgan fingerprint density at radius 2 is 1.90 bits per heavy atom. The first-order valence-corrected chi connectivity index (χ1v) is 7.34. The van der Waals surface area contributed by atoms with E-state index in [1.165, 1.54) is 0 Å². The van der Waals surface area contributed by atoms with E-state index in [0.29, 0.717) is 36.4 Å². The number of hydrogen-bond acceptors (Lipinski definition) is 7. The highest BCUT2D eigenvalue weighted by molar-refractivity contribution is 5.66. The van der Waals surface area contributed by atoms with Crippen molar-refractivity contribution < 1.29 is 9.47 Å². The van der Waals surface area contributed by atoms with Gasteiger partial charge in [-0.3, -0.25) is 0 Å². The van der Waals surface area contributed by atoms with Crippen molar-refractivity contribution in [3.05, 3.63) is 5.82 Å². The quantitative estimate of drug-likeness (QED) is 0.626. The number of nitrogens with two attached hydrogens (primary N) is 1. The number of aryl methyl sites for hydroxylation is 1. The van der Waals surface area contributed by atoms with Gasteiger partial charge in [0.2, 0.25) is 5.88 Å². The fraction of sp³-hybridized carbons (Fsp3) is 0.714. The van der Waals surface area contributed by atoms with Crippen LogP contribution in [0, 0.1) is 6.92 Å². The van der Waals surface area contributed by atoms with Gasteiger partial charge in [0.05, 0.1) is 6.61 Å². The van der Waals surface area contributed by atoms with Crippen LogP contribution in [0.2, 0.25) is 0 Å². The van der Waals surface area contributed by atoms with Crippen molar-refractivity contribution in [3.63, 3.8) is 0 Å². The van der Waals surface area contributed by atoms with Crippen molar-refractivity contribution in [1.82, 2.24) is 14.9 Å². The summed E-state index contributed by atoms with van der Waals surface area (Å²) in [5, 5.41) is 3.25. The number of likely N-dealkylation sites (N-methyl/N-ethyl adjacent to an activating group) is 1. The van der Waals surface area contributed by atoms with Crippen LogP contribution in [0.25, 0.3) is 0 Å². The molecule has 7 heteroatoms. The molecule has 0 radical (unpaired) electrons. The van der Waals surface area contributed by atoms with Crippen molar-refractivity contribution in [2.75, 3.05) is 57.6 Å². The Bertz CT molecular complexity index is 424. The summed E-state index contributed by atoms with van der Waals surface area (Å²) in [4.78, 5) is 10.9. The molecule has 0 spiro atoms. The first-order chi connectivity index (χ1) is 10.1. The topological polar surface area (TPSA) is 85.5 Å². The minimum Gasteiger partial charge on any atom is -0.474 e. The molecule has 0 saturated carbocycles. The molecule has 0 fully saturated rings. The summed E-state index contributed by atoms with van der Waals surface area (Å²) in [6.45, 7) is 10.8. The van der Waals surface area contributed by atoms with Gasteiger partial charge in [0.1, 0.15) is 18.1 Å². The Morgan fingerprint density at radius 3 is 2.52 bits per heavy atom. The van der Waals surface area contributed by atoms with E-state index in [-0.39, 0.29) is 0 Å². The average Bonchev–Trinajstić information content (AvgIpc) is 2.48. The summed E-state index contributed by atoms with van der Waals surface area (Å²) in [6.07, 6.45) is 0. The van der Waals surface area contributed by atoms with E-state index in [1.54, 1.807) is 7.11 Å². The van der Waals surface area contributed by atoms with Gasteiger partial charge in [-0.05, 0) is 20.0 Å². The third-order valence-corrected chi connectivity index (χ3v) is 3.16. The van der Waals surface area contributed by atoms with E-state index in [1.807, 2.05) is 6.92 Å². The van der Waals surface area contributed by atoms with Gasteiger partial charge in [0, 0.05) is 20.2 Å². The molecule has 3 N–H and O–H groups in total. The zero-order chi connectivity index (χ0) is 15.7. The predicted molar refractivity (Wildman–Crippen MR) is 84.8 cm³/mol. The smallest absolute Gasteiger partial charge is 0.242 e. The lowest BCUT2D eigenvalue weighted by Crippen LogP contribution is -2.29. The maximum atomic E-state index is 6.05. The second kappa shape index (κ2) is 9.36. The molecule has 21 heavy (non-hydrogen) atoms. The predicted octanol–water partition coefficient (Wildman–Crippen LogP) is 1.15. The lowest BCUT2D eigenvalue weighted by Gasteiger charge is -2.19. The zero-order valence-electron chi connectivity index (χ0n) is 13.5. The van der Waals surface area contributed by atoms with Gasteiger partial charge in [0.15, 0.2) is 5.82 Å². The fourth-order valence-corrected chi connectivity index (χ4v) is 1.89. The molecule has 0 aliphatic rings. The molecule has 0 unspecified atom stereocenters. The first kappa shape index (κ1) is 17.5. The number of rotatable bonds is 10.